The molecule has 1 heterocycles. The maximum atomic E-state index is 13.1. The van der Waals surface area contributed by atoms with Crippen molar-refractivity contribution in [2.45, 2.75) is 71.2 Å². The zero-order valence-corrected chi connectivity index (χ0v) is 22.7. The van der Waals surface area contributed by atoms with E-state index in [9.17, 15) is 19.5 Å². The van der Waals surface area contributed by atoms with E-state index >= 15 is 0 Å². The van der Waals surface area contributed by atoms with E-state index in [1.807, 2.05) is 37.3 Å². The van der Waals surface area contributed by atoms with Crippen LogP contribution in [0, 0.1) is 12.8 Å². The Hall–Kier alpha value is -4.14. The average Bonchev–Trinajstić information content (AvgIpc) is 2.87. The van der Waals surface area contributed by atoms with Crippen LogP contribution in [-0.2, 0) is 16.1 Å². The molecule has 1 fully saturated rings. The standard InChI is InChI=1S/C30H35N3O6/c1-18-16-20(22-8-5-6-10-24(22)31-18)17-38-21-14-12-19(13-15-21)27(34)33-26-23(28(35)36)9-7-11-25(26)32-29(37)39-30(2,3)4/h5-6,8,10,12-16,23,25-26H,7,9,11,17H2,1-4H3,(H,32,37)(H,33,34)(H,35,36). The fourth-order valence-corrected chi connectivity index (χ4v) is 4.91. The highest BCUT2D eigenvalue weighted by atomic mass is 16.6. The number of hydrogen-bond acceptors (Lipinski definition) is 6. The molecule has 9 nitrogen and oxygen atoms in total. The number of benzene rings is 2. The number of aryl methyl sites for hydroxylation is 1. The number of carbonyl (C=O) groups excluding carboxylic acids is 2. The molecule has 9 heteroatoms. The number of carboxylic acids is 1. The fraction of sp³-hybridized carbons (Fsp3) is 0.400. The molecule has 0 spiro atoms. The molecule has 0 radical (unpaired) electrons. The molecule has 206 valence electrons. The van der Waals surface area contributed by atoms with Gasteiger partial charge in [-0.05, 0) is 76.9 Å². The summed E-state index contributed by atoms with van der Waals surface area (Å²) in [6.07, 6.45) is 0.908. The first-order valence-electron chi connectivity index (χ1n) is 13.1. The Kier molecular flexibility index (Phi) is 8.38. The minimum Gasteiger partial charge on any atom is -0.489 e. The van der Waals surface area contributed by atoms with E-state index in [-0.39, 0.29) is 0 Å². The van der Waals surface area contributed by atoms with Crippen molar-refractivity contribution in [1.29, 1.82) is 0 Å². The molecule has 3 N–H and O–H groups in total. The Labute approximate surface area is 227 Å². The van der Waals surface area contributed by atoms with Crippen LogP contribution in [0.4, 0.5) is 4.79 Å². The summed E-state index contributed by atoms with van der Waals surface area (Å²) in [6.45, 7) is 7.54. The van der Waals surface area contributed by atoms with E-state index in [1.165, 1.54) is 0 Å². The largest absolute Gasteiger partial charge is 0.489 e. The van der Waals surface area contributed by atoms with Crippen molar-refractivity contribution in [3.05, 3.63) is 71.4 Å². The highest BCUT2D eigenvalue weighted by molar-refractivity contribution is 5.95. The molecule has 3 unspecified atom stereocenters. The Morgan fingerprint density at radius 1 is 1.03 bits per heavy atom. The first kappa shape index (κ1) is 27.9. The maximum Gasteiger partial charge on any atom is 0.407 e. The number of hydrogen-bond donors (Lipinski definition) is 3. The normalized spacial score (nSPS) is 19.2. The summed E-state index contributed by atoms with van der Waals surface area (Å²) < 4.78 is 11.3. The number of rotatable bonds is 7. The predicted molar refractivity (Wildman–Crippen MR) is 147 cm³/mol. The number of pyridine rings is 1. The summed E-state index contributed by atoms with van der Waals surface area (Å²) in [6, 6.07) is 15.2. The summed E-state index contributed by atoms with van der Waals surface area (Å²) in [5.41, 5.74) is 2.49. The SMILES string of the molecule is Cc1cc(COc2ccc(C(=O)NC3C(NC(=O)OC(C)(C)C)CCCC3C(=O)O)cc2)c2ccccc2n1. The van der Waals surface area contributed by atoms with Gasteiger partial charge in [0.05, 0.1) is 23.5 Å². The van der Waals surface area contributed by atoms with Crippen molar-refractivity contribution in [3.8, 4) is 5.75 Å². The number of aliphatic carboxylic acids is 1. The van der Waals surface area contributed by atoms with Gasteiger partial charge in [0.2, 0.25) is 0 Å². The number of alkyl carbamates (subject to hydrolysis) is 1. The average molecular weight is 534 g/mol. The van der Waals surface area contributed by atoms with E-state index in [0.717, 1.165) is 22.2 Å². The van der Waals surface area contributed by atoms with Crippen LogP contribution in [0.15, 0.2) is 54.6 Å². The Morgan fingerprint density at radius 2 is 1.74 bits per heavy atom. The molecule has 0 saturated heterocycles. The zero-order valence-electron chi connectivity index (χ0n) is 22.7. The maximum absolute atomic E-state index is 13.1. The fourth-order valence-electron chi connectivity index (χ4n) is 4.91. The van der Waals surface area contributed by atoms with Gasteiger partial charge in [-0.1, -0.05) is 24.6 Å². The van der Waals surface area contributed by atoms with Crippen molar-refractivity contribution in [2.24, 2.45) is 5.92 Å². The number of fused-ring (bicyclic) bond motifs is 1. The van der Waals surface area contributed by atoms with Crippen molar-refractivity contribution in [1.82, 2.24) is 15.6 Å². The summed E-state index contributed by atoms with van der Waals surface area (Å²) in [7, 11) is 0. The summed E-state index contributed by atoms with van der Waals surface area (Å²) >= 11 is 0. The number of para-hydroxylation sites is 1. The van der Waals surface area contributed by atoms with Crippen molar-refractivity contribution in [2.75, 3.05) is 0 Å². The van der Waals surface area contributed by atoms with Crippen LogP contribution in [0.5, 0.6) is 5.75 Å². The minimum absolute atomic E-state index is 0.343. The molecule has 2 amide bonds. The second-order valence-electron chi connectivity index (χ2n) is 10.9. The number of nitrogens with one attached hydrogen (secondary N) is 2. The van der Waals surface area contributed by atoms with Crippen LogP contribution in [0.2, 0.25) is 0 Å². The van der Waals surface area contributed by atoms with Crippen LogP contribution < -0.4 is 15.4 Å². The van der Waals surface area contributed by atoms with Gasteiger partial charge in [-0.15, -0.1) is 0 Å². The van der Waals surface area contributed by atoms with Crippen molar-refractivity contribution < 1.29 is 29.0 Å². The molecule has 1 aliphatic carbocycles. The van der Waals surface area contributed by atoms with E-state index in [1.54, 1.807) is 45.0 Å². The second kappa shape index (κ2) is 11.7. The third-order valence-corrected chi connectivity index (χ3v) is 6.66. The van der Waals surface area contributed by atoms with Crippen LogP contribution in [0.1, 0.15) is 61.6 Å². The molecule has 39 heavy (non-hydrogen) atoms. The molecule has 1 saturated carbocycles. The van der Waals surface area contributed by atoms with Gasteiger partial charge in [0.15, 0.2) is 0 Å². The zero-order chi connectivity index (χ0) is 28.2. The summed E-state index contributed by atoms with van der Waals surface area (Å²) in [5.74, 6) is -1.68. The quantitative estimate of drug-likeness (QED) is 0.390. The highest BCUT2D eigenvalue weighted by Gasteiger charge is 2.40. The van der Waals surface area contributed by atoms with Gasteiger partial charge in [0.1, 0.15) is 18.0 Å². The van der Waals surface area contributed by atoms with Crippen LogP contribution in [0.25, 0.3) is 10.9 Å². The topological polar surface area (TPSA) is 127 Å². The first-order valence-corrected chi connectivity index (χ1v) is 13.1. The number of carbonyl (C=O) groups is 3. The molecule has 4 rings (SSSR count). The van der Waals surface area contributed by atoms with Gasteiger partial charge in [0, 0.05) is 22.2 Å². The second-order valence-corrected chi connectivity index (χ2v) is 10.9. The lowest BCUT2D eigenvalue weighted by Gasteiger charge is -2.37. The van der Waals surface area contributed by atoms with Gasteiger partial charge in [-0.2, -0.15) is 0 Å². The van der Waals surface area contributed by atoms with E-state index in [0.29, 0.717) is 37.2 Å². The lowest BCUT2D eigenvalue weighted by molar-refractivity contribution is -0.144. The lowest BCUT2D eigenvalue weighted by Crippen LogP contribution is -2.59. The number of nitrogens with zero attached hydrogens (tertiary/aromatic N) is 1. The molecule has 0 bridgehead atoms. The molecule has 3 atom stereocenters. The molecule has 0 aliphatic heterocycles. The first-order chi connectivity index (χ1) is 18.5. The number of amides is 2. The Bertz CT molecular complexity index is 1350. The van der Waals surface area contributed by atoms with Crippen LogP contribution in [0.3, 0.4) is 0 Å². The number of ether oxygens (including phenoxy) is 2. The molecular formula is C30H35N3O6. The molecule has 2 aromatic carbocycles. The lowest BCUT2D eigenvalue weighted by atomic mass is 9.80. The van der Waals surface area contributed by atoms with Gasteiger partial charge in [0.25, 0.3) is 5.91 Å². The van der Waals surface area contributed by atoms with Crippen LogP contribution in [-0.4, -0.2) is 45.7 Å². The van der Waals surface area contributed by atoms with Crippen molar-refractivity contribution >= 4 is 28.9 Å². The Balaban J connectivity index is 1.43. The van der Waals surface area contributed by atoms with Crippen LogP contribution >= 0.6 is 0 Å². The van der Waals surface area contributed by atoms with Gasteiger partial charge >= 0.3 is 12.1 Å². The highest BCUT2D eigenvalue weighted by Crippen LogP contribution is 2.27. The van der Waals surface area contributed by atoms with E-state index in [2.05, 4.69) is 15.6 Å². The molecule has 1 aromatic heterocycles. The number of carboxylic acid groups (broad SMARTS) is 1. The molecule has 3 aromatic rings. The van der Waals surface area contributed by atoms with E-state index < -0.39 is 41.6 Å². The van der Waals surface area contributed by atoms with Gasteiger partial charge in [-0.3, -0.25) is 14.6 Å². The number of aromatic nitrogens is 1. The third-order valence-electron chi connectivity index (χ3n) is 6.66. The van der Waals surface area contributed by atoms with Crippen molar-refractivity contribution in [3.63, 3.8) is 0 Å². The molecule has 1 aliphatic rings. The third kappa shape index (κ3) is 7.25. The van der Waals surface area contributed by atoms with Gasteiger partial charge in [-0.25, -0.2) is 4.79 Å². The smallest absolute Gasteiger partial charge is 0.407 e. The summed E-state index contributed by atoms with van der Waals surface area (Å²) in [4.78, 5) is 42.0. The minimum atomic E-state index is -1.02. The van der Waals surface area contributed by atoms with E-state index in [4.69, 9.17) is 9.47 Å². The Morgan fingerprint density at radius 3 is 2.44 bits per heavy atom. The molecular weight excluding hydrogens is 498 g/mol. The van der Waals surface area contributed by atoms with Gasteiger partial charge < -0.3 is 25.2 Å². The summed E-state index contributed by atoms with van der Waals surface area (Å²) in [5, 5.41) is 16.4. The predicted octanol–water partition coefficient (Wildman–Crippen LogP) is 5.00. The monoisotopic (exact) mass is 533 g/mol.